The number of aromatic nitrogens is 2. The van der Waals surface area contributed by atoms with Crippen LogP contribution in [0.3, 0.4) is 0 Å². The topological polar surface area (TPSA) is 52.1 Å². The first kappa shape index (κ1) is 16.0. The second-order valence-electron chi connectivity index (χ2n) is 4.89. The third kappa shape index (κ3) is 3.38. The lowest BCUT2D eigenvalue weighted by Gasteiger charge is -2.10. The molecule has 2 aromatic heterocycles. The molecule has 0 aliphatic rings. The van der Waals surface area contributed by atoms with Gasteiger partial charge in [-0.15, -0.1) is 11.3 Å². The quantitative estimate of drug-likeness (QED) is 0.390. The average molecular weight is 344 g/mol. The Labute approximate surface area is 142 Å². The van der Waals surface area contributed by atoms with E-state index < -0.39 is 0 Å². The van der Waals surface area contributed by atoms with E-state index in [0.717, 1.165) is 26.4 Å². The number of ether oxygens (including phenoxy) is 1. The van der Waals surface area contributed by atoms with E-state index in [1.807, 2.05) is 32.0 Å². The summed E-state index contributed by atoms with van der Waals surface area (Å²) in [4.78, 5) is 21.6. The number of carbonyl (C=O) groups is 1. The van der Waals surface area contributed by atoms with Crippen molar-refractivity contribution < 1.29 is 9.53 Å². The monoisotopic (exact) mass is 344 g/mol. The summed E-state index contributed by atoms with van der Waals surface area (Å²) in [7, 11) is 0. The van der Waals surface area contributed by atoms with E-state index in [0.29, 0.717) is 6.61 Å². The molecule has 0 bridgehead atoms. The number of hydrogen-bond acceptors (Lipinski definition) is 6. The Bertz CT molecular complexity index is 818. The molecule has 118 valence electrons. The number of esters is 1. The molecule has 0 aliphatic carbocycles. The molecule has 1 atom stereocenters. The first-order valence-corrected chi connectivity index (χ1v) is 9.07. The van der Waals surface area contributed by atoms with Crippen molar-refractivity contribution in [1.82, 2.24) is 9.97 Å². The van der Waals surface area contributed by atoms with E-state index in [1.54, 1.807) is 17.7 Å². The fraction of sp³-hybridized carbons (Fsp3) is 0.235. The van der Waals surface area contributed by atoms with Crippen LogP contribution in [0.15, 0.2) is 47.1 Å². The molecule has 0 unspecified atom stereocenters. The standard InChI is InChI=1S/C17H16N2O2S2/c1-3-21-17(20)11(2)23-16-14-13(12-7-5-4-6-8-12)9-22-15(14)18-10-19-16/h4-11H,3H2,1-2H3/t11-/m1/s1. The van der Waals surface area contributed by atoms with Gasteiger partial charge in [0, 0.05) is 10.9 Å². The zero-order valence-corrected chi connectivity index (χ0v) is 14.5. The normalized spacial score (nSPS) is 12.3. The molecule has 0 spiro atoms. The van der Waals surface area contributed by atoms with E-state index in [-0.39, 0.29) is 11.2 Å². The van der Waals surface area contributed by atoms with Crippen LogP contribution in [0, 0.1) is 0 Å². The van der Waals surface area contributed by atoms with E-state index in [9.17, 15) is 4.79 Å². The van der Waals surface area contributed by atoms with Crippen molar-refractivity contribution in [2.75, 3.05) is 6.61 Å². The summed E-state index contributed by atoms with van der Waals surface area (Å²) in [6.07, 6.45) is 1.55. The Kier molecular flexibility index (Phi) is 4.93. The number of benzene rings is 1. The van der Waals surface area contributed by atoms with Gasteiger partial charge in [0.05, 0.1) is 12.0 Å². The van der Waals surface area contributed by atoms with Gasteiger partial charge >= 0.3 is 5.97 Å². The number of thiophene rings is 1. The van der Waals surface area contributed by atoms with Gasteiger partial charge in [-0.3, -0.25) is 4.79 Å². The number of rotatable bonds is 5. The highest BCUT2D eigenvalue weighted by Gasteiger charge is 2.20. The molecule has 3 rings (SSSR count). The smallest absolute Gasteiger partial charge is 0.319 e. The lowest BCUT2D eigenvalue weighted by molar-refractivity contribution is -0.142. The lowest BCUT2D eigenvalue weighted by Crippen LogP contribution is -2.16. The molecular formula is C17H16N2O2S2. The minimum atomic E-state index is -0.309. The van der Waals surface area contributed by atoms with Crippen LogP contribution in [-0.4, -0.2) is 27.8 Å². The molecule has 1 aromatic carbocycles. The molecule has 0 radical (unpaired) electrons. The van der Waals surface area contributed by atoms with E-state index >= 15 is 0 Å². The van der Waals surface area contributed by atoms with Crippen LogP contribution in [0.1, 0.15) is 13.8 Å². The number of nitrogens with zero attached hydrogens (tertiary/aromatic N) is 2. The van der Waals surface area contributed by atoms with Gasteiger partial charge in [0.25, 0.3) is 0 Å². The van der Waals surface area contributed by atoms with Crippen molar-refractivity contribution in [2.45, 2.75) is 24.1 Å². The van der Waals surface area contributed by atoms with Crippen LogP contribution in [0.4, 0.5) is 0 Å². The summed E-state index contributed by atoms with van der Waals surface area (Å²) < 4.78 is 5.08. The Morgan fingerprint density at radius 1 is 1.30 bits per heavy atom. The van der Waals surface area contributed by atoms with Gasteiger partial charge in [-0.05, 0) is 19.4 Å². The predicted molar refractivity (Wildman–Crippen MR) is 94.8 cm³/mol. The van der Waals surface area contributed by atoms with Crippen LogP contribution in [0.5, 0.6) is 0 Å². The second-order valence-corrected chi connectivity index (χ2v) is 7.07. The van der Waals surface area contributed by atoms with Crippen molar-refractivity contribution in [1.29, 1.82) is 0 Å². The molecule has 0 amide bonds. The SMILES string of the molecule is CCOC(=O)[C@@H](C)Sc1ncnc2scc(-c3ccccc3)c12. The van der Waals surface area contributed by atoms with E-state index in [4.69, 9.17) is 4.74 Å². The zero-order valence-electron chi connectivity index (χ0n) is 12.9. The molecule has 4 nitrogen and oxygen atoms in total. The van der Waals surface area contributed by atoms with Gasteiger partial charge in [0.2, 0.25) is 0 Å². The lowest BCUT2D eigenvalue weighted by atomic mass is 10.1. The maximum Gasteiger partial charge on any atom is 0.319 e. The summed E-state index contributed by atoms with van der Waals surface area (Å²) in [5, 5.41) is 3.60. The molecule has 0 saturated heterocycles. The second kappa shape index (κ2) is 7.10. The summed E-state index contributed by atoms with van der Waals surface area (Å²) in [6.45, 7) is 4.03. The number of thioether (sulfide) groups is 1. The Hall–Kier alpha value is -1.92. The van der Waals surface area contributed by atoms with E-state index in [1.165, 1.54) is 11.8 Å². The zero-order chi connectivity index (χ0) is 16.2. The fourth-order valence-electron chi connectivity index (χ4n) is 2.24. The first-order chi connectivity index (χ1) is 11.2. The summed E-state index contributed by atoms with van der Waals surface area (Å²) in [6, 6.07) is 10.1. The van der Waals surface area contributed by atoms with Crippen molar-refractivity contribution in [3.05, 3.63) is 42.0 Å². The largest absolute Gasteiger partial charge is 0.465 e. The predicted octanol–water partition coefficient (Wildman–Crippen LogP) is 4.40. The third-order valence-corrected chi connectivity index (χ3v) is 5.29. The molecule has 0 N–H and O–H groups in total. The Morgan fingerprint density at radius 2 is 2.09 bits per heavy atom. The first-order valence-electron chi connectivity index (χ1n) is 7.31. The number of carbonyl (C=O) groups excluding carboxylic acids is 1. The van der Waals surface area contributed by atoms with Crippen molar-refractivity contribution in [3.63, 3.8) is 0 Å². The minimum Gasteiger partial charge on any atom is -0.465 e. The molecule has 23 heavy (non-hydrogen) atoms. The highest BCUT2D eigenvalue weighted by molar-refractivity contribution is 8.00. The maximum atomic E-state index is 11.9. The number of fused-ring (bicyclic) bond motifs is 1. The van der Waals surface area contributed by atoms with Gasteiger partial charge in [0.15, 0.2) is 0 Å². The van der Waals surface area contributed by atoms with Crippen LogP contribution in [0.2, 0.25) is 0 Å². The van der Waals surface area contributed by atoms with E-state index in [2.05, 4.69) is 27.5 Å². The van der Waals surface area contributed by atoms with Crippen molar-refractivity contribution in [3.8, 4) is 11.1 Å². The molecule has 6 heteroatoms. The van der Waals surface area contributed by atoms with Crippen LogP contribution in [-0.2, 0) is 9.53 Å². The summed E-state index contributed by atoms with van der Waals surface area (Å²) >= 11 is 3.00. The summed E-state index contributed by atoms with van der Waals surface area (Å²) in [5.74, 6) is -0.222. The molecule has 3 aromatic rings. The highest BCUT2D eigenvalue weighted by atomic mass is 32.2. The summed E-state index contributed by atoms with van der Waals surface area (Å²) in [5.41, 5.74) is 2.23. The van der Waals surface area contributed by atoms with Crippen molar-refractivity contribution in [2.24, 2.45) is 0 Å². The van der Waals surface area contributed by atoms with Crippen LogP contribution in [0.25, 0.3) is 21.3 Å². The maximum absolute atomic E-state index is 11.9. The molecule has 0 fully saturated rings. The average Bonchev–Trinajstić information content (AvgIpc) is 3.01. The third-order valence-electron chi connectivity index (χ3n) is 3.33. The van der Waals surface area contributed by atoms with Gasteiger partial charge in [-0.1, -0.05) is 42.1 Å². The number of hydrogen-bond donors (Lipinski definition) is 0. The van der Waals surface area contributed by atoms with Gasteiger partial charge in [-0.2, -0.15) is 0 Å². The van der Waals surface area contributed by atoms with Crippen LogP contribution >= 0.6 is 23.1 Å². The molecule has 0 aliphatic heterocycles. The molecule has 0 saturated carbocycles. The van der Waals surface area contributed by atoms with Gasteiger partial charge in [-0.25, -0.2) is 9.97 Å². The molecular weight excluding hydrogens is 328 g/mol. The minimum absolute atomic E-state index is 0.222. The molecule has 2 heterocycles. The van der Waals surface area contributed by atoms with Crippen LogP contribution < -0.4 is 0 Å². The van der Waals surface area contributed by atoms with Gasteiger partial charge < -0.3 is 4.74 Å². The van der Waals surface area contributed by atoms with Crippen molar-refractivity contribution >= 4 is 39.3 Å². The fourth-order valence-corrected chi connectivity index (χ4v) is 4.15. The van der Waals surface area contributed by atoms with Gasteiger partial charge in [0.1, 0.15) is 21.4 Å². The Morgan fingerprint density at radius 3 is 2.83 bits per heavy atom. The Balaban J connectivity index is 2.01. The highest BCUT2D eigenvalue weighted by Crippen LogP contribution is 2.38.